The third-order valence-electron chi connectivity index (χ3n) is 3.47. The smallest absolute Gasteiger partial charge is 0.0931 e. The second-order valence-corrected chi connectivity index (χ2v) is 5.01. The Morgan fingerprint density at radius 2 is 2.33 bits per heavy atom. The van der Waals surface area contributed by atoms with Gasteiger partial charge in [-0.2, -0.15) is 0 Å². The van der Waals surface area contributed by atoms with E-state index in [9.17, 15) is 5.11 Å². The summed E-state index contributed by atoms with van der Waals surface area (Å²) in [7, 11) is 0. The molecule has 1 aromatic carbocycles. The highest BCUT2D eigenvalue weighted by Crippen LogP contribution is 2.25. The van der Waals surface area contributed by atoms with Crippen molar-refractivity contribution < 1.29 is 9.84 Å². The van der Waals surface area contributed by atoms with Crippen LogP contribution in [0, 0.1) is 5.41 Å². The number of aromatic nitrogens is 2. The van der Waals surface area contributed by atoms with Crippen molar-refractivity contribution >= 4 is 11.0 Å². The molecule has 18 heavy (non-hydrogen) atoms. The Morgan fingerprint density at radius 1 is 1.44 bits per heavy atom. The molecule has 0 saturated carbocycles. The number of benzene rings is 1. The zero-order valence-corrected chi connectivity index (χ0v) is 10.1. The van der Waals surface area contributed by atoms with E-state index < -0.39 is 0 Å². The van der Waals surface area contributed by atoms with E-state index in [2.05, 4.69) is 27.4 Å². The van der Waals surface area contributed by atoms with Gasteiger partial charge in [-0.1, -0.05) is 6.07 Å². The maximum absolute atomic E-state index is 9.31. The van der Waals surface area contributed by atoms with Crippen LogP contribution in [0.2, 0.25) is 0 Å². The standard InChI is InChI=1S/C13H17N3O2/c17-6-13(7-18-8-13)5-14-4-10-1-2-11-12(3-10)16-9-15-11/h1-3,9,14,17H,4-8H2,(H,15,16). The highest BCUT2D eigenvalue weighted by molar-refractivity contribution is 5.74. The lowest BCUT2D eigenvalue weighted by Gasteiger charge is -2.40. The number of hydrogen-bond donors (Lipinski definition) is 3. The van der Waals surface area contributed by atoms with Gasteiger partial charge in [0.25, 0.3) is 0 Å². The number of aliphatic hydroxyl groups excluding tert-OH is 1. The minimum atomic E-state index is -0.0713. The molecule has 0 spiro atoms. The van der Waals surface area contributed by atoms with Gasteiger partial charge in [0.05, 0.1) is 42.6 Å². The van der Waals surface area contributed by atoms with Crippen LogP contribution < -0.4 is 5.32 Å². The van der Waals surface area contributed by atoms with E-state index in [-0.39, 0.29) is 12.0 Å². The molecule has 3 N–H and O–H groups in total. The molecular formula is C13H17N3O2. The van der Waals surface area contributed by atoms with Gasteiger partial charge in [0.15, 0.2) is 0 Å². The first-order valence-corrected chi connectivity index (χ1v) is 6.13. The number of imidazole rings is 1. The number of fused-ring (bicyclic) bond motifs is 1. The molecule has 0 atom stereocenters. The molecule has 2 aromatic rings. The molecule has 0 radical (unpaired) electrons. The third kappa shape index (κ3) is 2.12. The fourth-order valence-electron chi connectivity index (χ4n) is 2.20. The van der Waals surface area contributed by atoms with E-state index in [1.807, 2.05) is 6.07 Å². The molecule has 0 bridgehead atoms. The van der Waals surface area contributed by atoms with Crippen molar-refractivity contribution in [2.45, 2.75) is 6.54 Å². The van der Waals surface area contributed by atoms with Gasteiger partial charge in [0, 0.05) is 13.1 Å². The number of nitrogens with zero attached hydrogens (tertiary/aromatic N) is 1. The van der Waals surface area contributed by atoms with Crippen molar-refractivity contribution in [1.29, 1.82) is 0 Å². The number of aliphatic hydroxyl groups is 1. The van der Waals surface area contributed by atoms with Crippen molar-refractivity contribution in [2.75, 3.05) is 26.4 Å². The minimum Gasteiger partial charge on any atom is -0.396 e. The summed E-state index contributed by atoms with van der Waals surface area (Å²) in [6.07, 6.45) is 1.70. The molecule has 0 amide bonds. The van der Waals surface area contributed by atoms with E-state index >= 15 is 0 Å². The maximum atomic E-state index is 9.31. The van der Waals surface area contributed by atoms with Gasteiger partial charge in [-0.15, -0.1) is 0 Å². The number of aromatic amines is 1. The Labute approximate surface area is 105 Å². The number of nitrogens with one attached hydrogen (secondary N) is 2. The molecule has 1 aliphatic rings. The van der Waals surface area contributed by atoms with Crippen molar-refractivity contribution in [3.8, 4) is 0 Å². The van der Waals surface area contributed by atoms with Gasteiger partial charge in [0.1, 0.15) is 0 Å². The summed E-state index contributed by atoms with van der Waals surface area (Å²) in [5, 5.41) is 12.7. The van der Waals surface area contributed by atoms with E-state index in [0.717, 1.165) is 24.1 Å². The van der Waals surface area contributed by atoms with Gasteiger partial charge >= 0.3 is 0 Å². The normalized spacial score (nSPS) is 17.8. The Kier molecular flexibility index (Phi) is 3.03. The first-order valence-electron chi connectivity index (χ1n) is 6.13. The second-order valence-electron chi connectivity index (χ2n) is 5.01. The fraction of sp³-hybridized carbons (Fsp3) is 0.462. The average molecular weight is 247 g/mol. The molecule has 5 nitrogen and oxygen atoms in total. The number of ether oxygens (including phenoxy) is 1. The predicted octanol–water partition coefficient (Wildman–Crippen LogP) is 0.661. The molecule has 1 saturated heterocycles. The Hall–Kier alpha value is -1.43. The third-order valence-corrected chi connectivity index (χ3v) is 3.47. The molecule has 5 heteroatoms. The molecule has 0 unspecified atom stereocenters. The summed E-state index contributed by atoms with van der Waals surface area (Å²) in [5.41, 5.74) is 3.18. The van der Waals surface area contributed by atoms with E-state index in [1.54, 1.807) is 6.33 Å². The van der Waals surface area contributed by atoms with Gasteiger partial charge in [0.2, 0.25) is 0 Å². The molecule has 1 aliphatic heterocycles. The summed E-state index contributed by atoms with van der Waals surface area (Å²) in [6.45, 7) is 3.05. The predicted molar refractivity (Wildman–Crippen MR) is 68.1 cm³/mol. The van der Waals surface area contributed by atoms with E-state index in [0.29, 0.717) is 13.2 Å². The van der Waals surface area contributed by atoms with Crippen LogP contribution in [0.15, 0.2) is 24.5 Å². The van der Waals surface area contributed by atoms with Crippen LogP contribution in [0.1, 0.15) is 5.56 Å². The number of hydrogen-bond acceptors (Lipinski definition) is 4. The summed E-state index contributed by atoms with van der Waals surface area (Å²) in [5.74, 6) is 0. The van der Waals surface area contributed by atoms with Crippen molar-refractivity contribution in [1.82, 2.24) is 15.3 Å². The lowest BCUT2D eigenvalue weighted by atomic mass is 9.87. The largest absolute Gasteiger partial charge is 0.396 e. The number of rotatable bonds is 5. The molecule has 3 rings (SSSR count). The summed E-state index contributed by atoms with van der Waals surface area (Å²) in [6, 6.07) is 6.18. The van der Waals surface area contributed by atoms with Crippen molar-refractivity contribution in [3.63, 3.8) is 0 Å². The molecule has 0 aliphatic carbocycles. The zero-order valence-electron chi connectivity index (χ0n) is 10.1. The zero-order chi connectivity index (χ0) is 12.4. The average Bonchev–Trinajstić information content (AvgIpc) is 2.80. The van der Waals surface area contributed by atoms with Crippen LogP contribution in [-0.2, 0) is 11.3 Å². The van der Waals surface area contributed by atoms with Crippen LogP contribution in [0.25, 0.3) is 11.0 Å². The molecule has 2 heterocycles. The monoisotopic (exact) mass is 247 g/mol. The summed E-state index contributed by atoms with van der Waals surface area (Å²) >= 11 is 0. The van der Waals surface area contributed by atoms with Gasteiger partial charge < -0.3 is 20.1 Å². The first kappa shape index (κ1) is 11.6. The van der Waals surface area contributed by atoms with Crippen molar-refractivity contribution in [2.24, 2.45) is 5.41 Å². The highest BCUT2D eigenvalue weighted by Gasteiger charge is 2.37. The lowest BCUT2D eigenvalue weighted by Crippen LogP contribution is -2.52. The van der Waals surface area contributed by atoms with Crippen LogP contribution in [0.3, 0.4) is 0 Å². The second kappa shape index (κ2) is 4.68. The molecule has 1 aromatic heterocycles. The van der Waals surface area contributed by atoms with Gasteiger partial charge in [-0.3, -0.25) is 0 Å². The first-order chi connectivity index (χ1) is 8.81. The Morgan fingerprint density at radius 3 is 3.06 bits per heavy atom. The Balaban J connectivity index is 1.59. The van der Waals surface area contributed by atoms with Crippen LogP contribution in [0.5, 0.6) is 0 Å². The van der Waals surface area contributed by atoms with Crippen LogP contribution in [0.4, 0.5) is 0 Å². The van der Waals surface area contributed by atoms with Crippen molar-refractivity contribution in [3.05, 3.63) is 30.1 Å². The number of H-pyrrole nitrogens is 1. The quantitative estimate of drug-likeness (QED) is 0.726. The fourth-order valence-corrected chi connectivity index (χ4v) is 2.20. The topological polar surface area (TPSA) is 70.2 Å². The Bertz CT molecular complexity index is 528. The molecular weight excluding hydrogens is 230 g/mol. The minimum absolute atomic E-state index is 0.0713. The SMILES string of the molecule is OCC1(CNCc2ccc3nc[nH]c3c2)COC1. The van der Waals surface area contributed by atoms with Crippen LogP contribution >= 0.6 is 0 Å². The molecule has 96 valence electrons. The maximum Gasteiger partial charge on any atom is 0.0931 e. The molecule has 1 fully saturated rings. The summed E-state index contributed by atoms with van der Waals surface area (Å²) < 4.78 is 5.17. The van der Waals surface area contributed by atoms with E-state index in [1.165, 1.54) is 5.56 Å². The lowest BCUT2D eigenvalue weighted by molar-refractivity contribution is -0.134. The van der Waals surface area contributed by atoms with Gasteiger partial charge in [-0.05, 0) is 17.7 Å². The van der Waals surface area contributed by atoms with Gasteiger partial charge in [-0.25, -0.2) is 4.98 Å². The highest BCUT2D eigenvalue weighted by atomic mass is 16.5. The van der Waals surface area contributed by atoms with Crippen LogP contribution in [-0.4, -0.2) is 41.4 Å². The van der Waals surface area contributed by atoms with E-state index in [4.69, 9.17) is 4.74 Å². The summed E-state index contributed by atoms with van der Waals surface area (Å²) in [4.78, 5) is 7.29.